The number of ether oxygens (including phenoxy) is 1. The number of hydrogen-bond donors (Lipinski definition) is 0. The predicted molar refractivity (Wildman–Crippen MR) is 80.5 cm³/mol. The number of alkyl halides is 1. The van der Waals surface area contributed by atoms with Crippen molar-refractivity contribution in [1.82, 2.24) is 0 Å². The van der Waals surface area contributed by atoms with Gasteiger partial charge >= 0.3 is 0 Å². The molecule has 2 heteroatoms. The molecule has 0 bridgehead atoms. The molecule has 1 fully saturated rings. The molecule has 1 aromatic carbocycles. The van der Waals surface area contributed by atoms with Crippen LogP contribution in [0.15, 0.2) is 18.2 Å². The molecule has 0 N–H and O–H groups in total. The smallest absolute Gasteiger partial charge is 0.119 e. The minimum atomic E-state index is 0.445. The van der Waals surface area contributed by atoms with Gasteiger partial charge in [-0.05, 0) is 54.4 Å². The summed E-state index contributed by atoms with van der Waals surface area (Å²) in [5, 5.41) is 0. The van der Waals surface area contributed by atoms with Gasteiger partial charge in [0.25, 0.3) is 0 Å². The fraction of sp³-hybridized carbons (Fsp3) is 0.625. The van der Waals surface area contributed by atoms with Crippen LogP contribution in [0.4, 0.5) is 0 Å². The van der Waals surface area contributed by atoms with Gasteiger partial charge < -0.3 is 4.74 Å². The van der Waals surface area contributed by atoms with Gasteiger partial charge in [0.05, 0.1) is 7.11 Å². The van der Waals surface area contributed by atoms with Gasteiger partial charge in [-0.3, -0.25) is 0 Å². The van der Waals surface area contributed by atoms with E-state index in [1.54, 1.807) is 7.11 Å². The molecule has 2 rings (SSSR count). The van der Waals surface area contributed by atoms with Gasteiger partial charge in [-0.25, -0.2) is 0 Å². The molecule has 1 nitrogen and oxygen atoms in total. The number of benzene rings is 1. The van der Waals surface area contributed by atoms with Crippen LogP contribution in [0.25, 0.3) is 0 Å². The quantitative estimate of drug-likeness (QED) is 0.691. The summed E-state index contributed by atoms with van der Waals surface area (Å²) in [7, 11) is 1.72. The van der Waals surface area contributed by atoms with Crippen molar-refractivity contribution in [2.75, 3.05) is 7.11 Å². The van der Waals surface area contributed by atoms with Crippen LogP contribution in [0.2, 0.25) is 0 Å². The van der Waals surface area contributed by atoms with Crippen LogP contribution in [-0.2, 0) is 0 Å². The first-order valence-corrected chi connectivity index (χ1v) is 7.66. The molecule has 0 aromatic heterocycles. The van der Waals surface area contributed by atoms with Crippen LogP contribution in [0.3, 0.4) is 0 Å². The molecule has 0 spiro atoms. The van der Waals surface area contributed by atoms with Crippen molar-refractivity contribution < 1.29 is 4.74 Å². The minimum Gasteiger partial charge on any atom is -0.497 e. The first kappa shape index (κ1) is 13.9. The Bertz CT molecular complexity index is 425. The Morgan fingerprint density at radius 2 is 2.11 bits per heavy atom. The summed E-state index contributed by atoms with van der Waals surface area (Å²) in [5.41, 5.74) is 3.18. The van der Waals surface area contributed by atoms with Crippen molar-refractivity contribution >= 4 is 15.9 Å². The number of halogens is 1. The summed E-state index contributed by atoms with van der Waals surface area (Å²) in [6.07, 6.45) is 4.03. The first-order chi connectivity index (χ1) is 8.45. The third kappa shape index (κ3) is 2.59. The van der Waals surface area contributed by atoms with Crippen molar-refractivity contribution in [2.24, 2.45) is 11.3 Å². The van der Waals surface area contributed by atoms with E-state index in [-0.39, 0.29) is 0 Å². The van der Waals surface area contributed by atoms with Gasteiger partial charge in [-0.2, -0.15) is 0 Å². The summed E-state index contributed by atoms with van der Waals surface area (Å²) in [6.45, 7) is 6.98. The molecule has 1 aromatic rings. The molecule has 0 radical (unpaired) electrons. The third-order valence-electron chi connectivity index (χ3n) is 4.47. The van der Waals surface area contributed by atoms with Gasteiger partial charge in [0.1, 0.15) is 5.75 Å². The fourth-order valence-electron chi connectivity index (χ4n) is 3.20. The molecule has 0 saturated heterocycles. The van der Waals surface area contributed by atoms with E-state index in [9.17, 15) is 0 Å². The largest absolute Gasteiger partial charge is 0.497 e. The highest BCUT2D eigenvalue weighted by Gasteiger charge is 2.39. The Balaban J connectivity index is 2.26. The Morgan fingerprint density at radius 3 is 2.61 bits per heavy atom. The van der Waals surface area contributed by atoms with Crippen LogP contribution in [-0.4, -0.2) is 7.11 Å². The summed E-state index contributed by atoms with van der Waals surface area (Å²) in [4.78, 5) is 0.459. The van der Waals surface area contributed by atoms with E-state index in [4.69, 9.17) is 4.74 Å². The monoisotopic (exact) mass is 310 g/mol. The summed E-state index contributed by atoms with van der Waals surface area (Å²) < 4.78 is 5.28. The van der Waals surface area contributed by atoms with E-state index in [1.165, 1.54) is 30.4 Å². The van der Waals surface area contributed by atoms with E-state index in [0.717, 1.165) is 11.7 Å². The third-order valence-corrected chi connectivity index (χ3v) is 5.60. The van der Waals surface area contributed by atoms with Crippen LogP contribution >= 0.6 is 15.9 Å². The lowest BCUT2D eigenvalue weighted by atomic mass is 9.78. The Hall–Kier alpha value is -0.500. The van der Waals surface area contributed by atoms with Crippen molar-refractivity contribution in [3.8, 4) is 5.75 Å². The minimum absolute atomic E-state index is 0.445. The molecule has 1 aliphatic rings. The fourth-order valence-corrected chi connectivity index (χ4v) is 4.69. The topological polar surface area (TPSA) is 9.23 Å². The Labute approximate surface area is 119 Å². The molecule has 2 unspecified atom stereocenters. The Kier molecular flexibility index (Phi) is 4.05. The van der Waals surface area contributed by atoms with Crippen LogP contribution in [0, 0.1) is 18.3 Å². The van der Waals surface area contributed by atoms with Crippen molar-refractivity contribution in [1.29, 1.82) is 0 Å². The second-order valence-corrected chi connectivity index (χ2v) is 7.10. The van der Waals surface area contributed by atoms with Crippen molar-refractivity contribution in [3.63, 3.8) is 0 Å². The maximum atomic E-state index is 5.28. The van der Waals surface area contributed by atoms with Gasteiger partial charge in [0, 0.05) is 4.83 Å². The van der Waals surface area contributed by atoms with Crippen molar-refractivity contribution in [2.45, 2.75) is 44.9 Å². The molecule has 0 heterocycles. The molecule has 0 amide bonds. The van der Waals surface area contributed by atoms with E-state index < -0.39 is 0 Å². The van der Waals surface area contributed by atoms with E-state index in [2.05, 4.69) is 54.9 Å². The first-order valence-electron chi connectivity index (χ1n) is 6.74. The van der Waals surface area contributed by atoms with Gasteiger partial charge in [-0.15, -0.1) is 0 Å². The molecule has 1 saturated carbocycles. The zero-order chi connectivity index (χ0) is 13.3. The van der Waals surface area contributed by atoms with Crippen LogP contribution in [0.1, 0.15) is 49.1 Å². The molecule has 1 aliphatic carbocycles. The zero-order valence-electron chi connectivity index (χ0n) is 11.8. The van der Waals surface area contributed by atoms with Crippen LogP contribution < -0.4 is 4.74 Å². The van der Waals surface area contributed by atoms with E-state index in [1.807, 2.05) is 0 Å². The standard InChI is InChI=1S/C16H23BrO/c1-11-10-12(18-4)7-8-13(11)15(17)14-6-5-9-16(14,2)3/h7-8,10,14-15H,5-6,9H2,1-4H3. The second kappa shape index (κ2) is 5.24. The maximum Gasteiger partial charge on any atom is 0.119 e. The SMILES string of the molecule is COc1ccc(C(Br)C2CCCC2(C)C)c(C)c1. The zero-order valence-corrected chi connectivity index (χ0v) is 13.4. The predicted octanol–water partition coefficient (Wildman–Crippen LogP) is 5.27. The highest BCUT2D eigenvalue weighted by Crippen LogP contribution is 2.52. The normalized spacial score (nSPS) is 23.9. The molecule has 0 aliphatic heterocycles. The molecular weight excluding hydrogens is 288 g/mol. The Morgan fingerprint density at radius 1 is 1.39 bits per heavy atom. The average molecular weight is 311 g/mol. The molecule has 100 valence electrons. The van der Waals surface area contributed by atoms with E-state index in [0.29, 0.717) is 10.2 Å². The van der Waals surface area contributed by atoms with E-state index >= 15 is 0 Å². The molecular formula is C16H23BrO. The number of rotatable bonds is 3. The van der Waals surface area contributed by atoms with Gasteiger partial charge in [0.15, 0.2) is 0 Å². The maximum absolute atomic E-state index is 5.28. The molecule has 2 atom stereocenters. The number of aryl methyl sites for hydroxylation is 1. The van der Waals surface area contributed by atoms with Gasteiger partial charge in [-0.1, -0.05) is 42.3 Å². The van der Waals surface area contributed by atoms with Gasteiger partial charge in [0.2, 0.25) is 0 Å². The summed E-state index contributed by atoms with van der Waals surface area (Å²) in [6, 6.07) is 6.41. The number of methoxy groups -OCH3 is 1. The second-order valence-electron chi connectivity index (χ2n) is 6.11. The summed E-state index contributed by atoms with van der Waals surface area (Å²) >= 11 is 3.94. The lowest BCUT2D eigenvalue weighted by Crippen LogP contribution is -2.21. The summed E-state index contributed by atoms with van der Waals surface area (Å²) in [5.74, 6) is 1.67. The van der Waals surface area contributed by atoms with Crippen molar-refractivity contribution in [3.05, 3.63) is 29.3 Å². The highest BCUT2D eigenvalue weighted by molar-refractivity contribution is 9.09. The average Bonchev–Trinajstić information content (AvgIpc) is 2.68. The van der Waals surface area contributed by atoms with Crippen LogP contribution in [0.5, 0.6) is 5.75 Å². The number of hydrogen-bond acceptors (Lipinski definition) is 1. The lowest BCUT2D eigenvalue weighted by Gasteiger charge is -2.32. The lowest BCUT2D eigenvalue weighted by molar-refractivity contribution is 0.256. The highest BCUT2D eigenvalue weighted by atomic mass is 79.9. The molecule has 18 heavy (non-hydrogen) atoms.